The first-order chi connectivity index (χ1) is 9.08. The number of aryl methyl sites for hydroxylation is 1. The topological polar surface area (TPSA) is 42.0 Å². The van der Waals surface area contributed by atoms with Crippen LogP contribution in [0, 0.1) is 3.57 Å². The van der Waals surface area contributed by atoms with Crippen LogP contribution in [0.25, 0.3) is 0 Å². The van der Waals surface area contributed by atoms with Crippen molar-refractivity contribution in [1.29, 1.82) is 0 Å². The number of rotatable bonds is 3. The molecule has 0 fully saturated rings. The Labute approximate surface area is 130 Å². The fourth-order valence-corrected chi connectivity index (χ4v) is 2.19. The van der Waals surface area contributed by atoms with Crippen molar-refractivity contribution in [3.63, 3.8) is 0 Å². The number of nitrogens with one attached hydrogen (secondary N) is 1. The number of aromatic nitrogens is 1. The molecule has 0 unspecified atom stereocenters. The molecular formula is C14H12ClIN2O. The van der Waals surface area contributed by atoms with Crippen LogP contribution in [-0.4, -0.2) is 10.9 Å². The van der Waals surface area contributed by atoms with Gasteiger partial charge in [0.15, 0.2) is 0 Å². The Bertz CT molecular complexity index is 599. The summed E-state index contributed by atoms with van der Waals surface area (Å²) in [6.45, 7) is 1.97. The minimum absolute atomic E-state index is 0.180. The SMILES string of the molecule is CCc1cc(C(=O)Nc2ccc(I)cc2)cc(Cl)n1. The molecule has 0 bridgehead atoms. The molecule has 0 radical (unpaired) electrons. The number of nitrogens with zero attached hydrogens (tertiary/aromatic N) is 1. The van der Waals surface area contributed by atoms with E-state index in [-0.39, 0.29) is 5.91 Å². The maximum Gasteiger partial charge on any atom is 0.255 e. The molecule has 2 aromatic rings. The van der Waals surface area contributed by atoms with Gasteiger partial charge < -0.3 is 5.32 Å². The third kappa shape index (κ3) is 3.91. The average Bonchev–Trinajstić information content (AvgIpc) is 2.40. The van der Waals surface area contributed by atoms with Gasteiger partial charge in [-0.05, 0) is 65.4 Å². The van der Waals surface area contributed by atoms with Gasteiger partial charge in [0.25, 0.3) is 5.91 Å². The van der Waals surface area contributed by atoms with Crippen molar-refractivity contribution in [2.24, 2.45) is 0 Å². The molecule has 0 spiro atoms. The van der Waals surface area contributed by atoms with Crippen LogP contribution in [0.2, 0.25) is 5.15 Å². The van der Waals surface area contributed by atoms with Gasteiger partial charge >= 0.3 is 0 Å². The normalized spacial score (nSPS) is 10.3. The van der Waals surface area contributed by atoms with E-state index in [0.717, 1.165) is 21.4 Å². The van der Waals surface area contributed by atoms with E-state index in [9.17, 15) is 4.79 Å². The van der Waals surface area contributed by atoms with E-state index in [0.29, 0.717) is 10.7 Å². The van der Waals surface area contributed by atoms with Crippen LogP contribution in [0.1, 0.15) is 23.0 Å². The van der Waals surface area contributed by atoms with Gasteiger partial charge in [-0.25, -0.2) is 4.98 Å². The van der Waals surface area contributed by atoms with E-state index in [1.165, 1.54) is 0 Å². The molecule has 1 aromatic heterocycles. The van der Waals surface area contributed by atoms with Crippen LogP contribution >= 0.6 is 34.2 Å². The highest BCUT2D eigenvalue weighted by atomic mass is 127. The second kappa shape index (κ2) is 6.34. The van der Waals surface area contributed by atoms with Crippen LogP contribution < -0.4 is 5.32 Å². The lowest BCUT2D eigenvalue weighted by Gasteiger charge is -2.07. The Kier molecular flexibility index (Phi) is 4.76. The molecule has 3 nitrogen and oxygen atoms in total. The number of anilines is 1. The predicted octanol–water partition coefficient (Wildman–Crippen LogP) is 4.15. The zero-order valence-corrected chi connectivity index (χ0v) is 13.2. The summed E-state index contributed by atoms with van der Waals surface area (Å²) in [5, 5.41) is 3.18. The number of carbonyl (C=O) groups is 1. The minimum atomic E-state index is -0.180. The molecule has 1 aromatic carbocycles. The second-order valence-corrected chi connectivity index (χ2v) is 5.62. The molecule has 19 heavy (non-hydrogen) atoms. The summed E-state index contributed by atoms with van der Waals surface area (Å²) in [5.41, 5.74) is 2.09. The van der Waals surface area contributed by atoms with Gasteiger partial charge in [0.2, 0.25) is 0 Å². The Morgan fingerprint density at radius 2 is 2.00 bits per heavy atom. The van der Waals surface area contributed by atoms with Crippen molar-refractivity contribution < 1.29 is 4.79 Å². The number of halogens is 2. The standard InChI is InChI=1S/C14H12ClIN2O/c1-2-11-7-9(8-13(15)17-11)14(19)18-12-5-3-10(16)4-6-12/h3-8H,2H2,1H3,(H,18,19). The number of benzene rings is 1. The van der Waals surface area contributed by atoms with Crippen LogP contribution in [0.5, 0.6) is 0 Å². The van der Waals surface area contributed by atoms with Gasteiger partial charge in [0.05, 0.1) is 0 Å². The molecule has 0 saturated heterocycles. The number of hydrogen-bond acceptors (Lipinski definition) is 2. The summed E-state index contributed by atoms with van der Waals surface area (Å²) in [5.74, 6) is -0.180. The smallest absolute Gasteiger partial charge is 0.255 e. The largest absolute Gasteiger partial charge is 0.322 e. The summed E-state index contributed by atoms with van der Waals surface area (Å²) >= 11 is 8.12. The fraction of sp³-hybridized carbons (Fsp3) is 0.143. The van der Waals surface area contributed by atoms with Gasteiger partial charge in [0.1, 0.15) is 5.15 Å². The number of amides is 1. The van der Waals surface area contributed by atoms with Gasteiger partial charge in [0, 0.05) is 20.5 Å². The molecule has 0 saturated carbocycles. The van der Waals surface area contributed by atoms with Crippen LogP contribution in [0.3, 0.4) is 0 Å². The third-order valence-corrected chi connectivity index (χ3v) is 3.49. The minimum Gasteiger partial charge on any atom is -0.322 e. The average molecular weight is 387 g/mol. The fourth-order valence-electron chi connectivity index (χ4n) is 1.60. The van der Waals surface area contributed by atoms with Crippen molar-refractivity contribution in [2.75, 3.05) is 5.32 Å². The van der Waals surface area contributed by atoms with Gasteiger partial charge in [-0.15, -0.1) is 0 Å². The maximum atomic E-state index is 12.1. The molecule has 1 amide bonds. The Hall–Kier alpha value is -1.14. The summed E-state index contributed by atoms with van der Waals surface area (Å²) in [6, 6.07) is 10.9. The van der Waals surface area contributed by atoms with E-state index >= 15 is 0 Å². The van der Waals surface area contributed by atoms with Crippen molar-refractivity contribution in [2.45, 2.75) is 13.3 Å². The van der Waals surface area contributed by atoms with E-state index < -0.39 is 0 Å². The summed E-state index contributed by atoms with van der Waals surface area (Å²) in [7, 11) is 0. The van der Waals surface area contributed by atoms with Crippen molar-refractivity contribution >= 4 is 45.8 Å². The van der Waals surface area contributed by atoms with Crippen LogP contribution in [-0.2, 0) is 6.42 Å². The van der Waals surface area contributed by atoms with Gasteiger partial charge in [-0.1, -0.05) is 18.5 Å². The summed E-state index contributed by atoms with van der Waals surface area (Å²) < 4.78 is 1.12. The molecular weight excluding hydrogens is 375 g/mol. The zero-order valence-electron chi connectivity index (χ0n) is 10.3. The lowest BCUT2D eigenvalue weighted by atomic mass is 10.2. The number of hydrogen-bond donors (Lipinski definition) is 1. The van der Waals surface area contributed by atoms with Crippen LogP contribution in [0.15, 0.2) is 36.4 Å². The quantitative estimate of drug-likeness (QED) is 0.636. The van der Waals surface area contributed by atoms with Gasteiger partial charge in [-0.3, -0.25) is 4.79 Å². The molecule has 0 aliphatic carbocycles. The number of pyridine rings is 1. The lowest BCUT2D eigenvalue weighted by Crippen LogP contribution is -2.12. The Balaban J connectivity index is 2.20. The third-order valence-electron chi connectivity index (χ3n) is 2.57. The molecule has 1 N–H and O–H groups in total. The first-order valence-electron chi connectivity index (χ1n) is 5.82. The first-order valence-corrected chi connectivity index (χ1v) is 7.27. The molecule has 98 valence electrons. The monoisotopic (exact) mass is 386 g/mol. The van der Waals surface area contributed by atoms with Gasteiger partial charge in [-0.2, -0.15) is 0 Å². The molecule has 0 aliphatic heterocycles. The Morgan fingerprint density at radius 1 is 1.32 bits per heavy atom. The molecule has 0 atom stereocenters. The van der Waals surface area contributed by atoms with E-state index in [4.69, 9.17) is 11.6 Å². The second-order valence-electron chi connectivity index (χ2n) is 3.98. The highest BCUT2D eigenvalue weighted by Gasteiger charge is 2.09. The molecule has 1 heterocycles. The van der Waals surface area contributed by atoms with Crippen molar-refractivity contribution in [1.82, 2.24) is 4.98 Å². The summed E-state index contributed by atoms with van der Waals surface area (Å²) in [6.07, 6.45) is 0.740. The molecule has 5 heteroatoms. The van der Waals surface area contributed by atoms with E-state index in [1.807, 2.05) is 31.2 Å². The molecule has 2 rings (SSSR count). The first kappa shape index (κ1) is 14.3. The van der Waals surface area contributed by atoms with Crippen LogP contribution in [0.4, 0.5) is 5.69 Å². The van der Waals surface area contributed by atoms with E-state index in [2.05, 4.69) is 32.9 Å². The summed E-state index contributed by atoms with van der Waals surface area (Å²) in [4.78, 5) is 16.3. The van der Waals surface area contributed by atoms with E-state index in [1.54, 1.807) is 12.1 Å². The van der Waals surface area contributed by atoms with Crippen molar-refractivity contribution in [3.8, 4) is 0 Å². The predicted molar refractivity (Wildman–Crippen MR) is 85.7 cm³/mol. The maximum absolute atomic E-state index is 12.1. The Morgan fingerprint density at radius 3 is 2.63 bits per heavy atom. The highest BCUT2D eigenvalue weighted by Crippen LogP contribution is 2.15. The highest BCUT2D eigenvalue weighted by molar-refractivity contribution is 14.1. The zero-order chi connectivity index (χ0) is 13.8. The lowest BCUT2D eigenvalue weighted by molar-refractivity contribution is 0.102. The van der Waals surface area contributed by atoms with Crippen molar-refractivity contribution in [3.05, 3.63) is 56.4 Å². The number of carbonyl (C=O) groups excluding carboxylic acids is 1. The molecule has 0 aliphatic rings.